The van der Waals surface area contributed by atoms with Gasteiger partial charge in [0, 0.05) is 19.2 Å². The molecule has 2 unspecified atom stereocenters. The summed E-state index contributed by atoms with van der Waals surface area (Å²) >= 11 is 13.3. The SMILES string of the molecule is COCC(C)NC(C)c1cc(Cl)sc1Cl. The summed E-state index contributed by atoms with van der Waals surface area (Å²) in [6.45, 7) is 4.82. The summed E-state index contributed by atoms with van der Waals surface area (Å²) in [5, 5.41) is 3.39. The lowest BCUT2D eigenvalue weighted by molar-refractivity contribution is 0.168. The van der Waals surface area contributed by atoms with Gasteiger partial charge in [-0.25, -0.2) is 0 Å². The van der Waals surface area contributed by atoms with E-state index in [4.69, 9.17) is 27.9 Å². The Kier molecular flexibility index (Phi) is 5.36. The standard InChI is InChI=1S/C10H15Cl2NOS/c1-6(5-14-3)13-7(2)8-4-9(11)15-10(8)12/h4,6-7,13H,5H2,1-3H3. The molecule has 0 saturated carbocycles. The van der Waals surface area contributed by atoms with Gasteiger partial charge in [-0.1, -0.05) is 23.2 Å². The van der Waals surface area contributed by atoms with Gasteiger partial charge in [0.05, 0.1) is 15.3 Å². The zero-order valence-corrected chi connectivity index (χ0v) is 11.3. The molecule has 0 aromatic carbocycles. The van der Waals surface area contributed by atoms with Crippen molar-refractivity contribution >= 4 is 34.5 Å². The molecule has 0 fully saturated rings. The number of halogens is 2. The van der Waals surface area contributed by atoms with E-state index in [1.807, 2.05) is 6.07 Å². The number of methoxy groups -OCH3 is 1. The lowest BCUT2D eigenvalue weighted by Crippen LogP contribution is -2.32. The number of hydrogen-bond acceptors (Lipinski definition) is 3. The maximum absolute atomic E-state index is 6.06. The van der Waals surface area contributed by atoms with Crippen molar-refractivity contribution in [3.63, 3.8) is 0 Å². The molecule has 0 aliphatic heterocycles. The molecular formula is C10H15Cl2NOS. The third kappa shape index (κ3) is 3.93. The first-order valence-corrected chi connectivity index (χ1v) is 6.31. The highest BCUT2D eigenvalue weighted by Crippen LogP contribution is 2.34. The molecule has 2 atom stereocenters. The Morgan fingerprint density at radius 2 is 2.13 bits per heavy atom. The van der Waals surface area contributed by atoms with E-state index in [0.29, 0.717) is 12.6 Å². The highest BCUT2D eigenvalue weighted by atomic mass is 35.5. The number of nitrogens with one attached hydrogen (secondary N) is 1. The van der Waals surface area contributed by atoms with E-state index in [-0.39, 0.29) is 6.04 Å². The van der Waals surface area contributed by atoms with E-state index >= 15 is 0 Å². The van der Waals surface area contributed by atoms with Crippen LogP contribution in [0.2, 0.25) is 8.67 Å². The van der Waals surface area contributed by atoms with E-state index in [2.05, 4.69) is 19.2 Å². The van der Waals surface area contributed by atoms with E-state index in [9.17, 15) is 0 Å². The largest absolute Gasteiger partial charge is 0.383 e. The number of rotatable bonds is 5. The molecule has 1 heterocycles. The number of ether oxygens (including phenoxy) is 1. The van der Waals surface area contributed by atoms with E-state index in [0.717, 1.165) is 14.2 Å². The van der Waals surface area contributed by atoms with Crippen LogP contribution in [0, 0.1) is 0 Å². The molecule has 5 heteroatoms. The zero-order chi connectivity index (χ0) is 11.4. The van der Waals surface area contributed by atoms with Gasteiger partial charge in [-0.05, 0) is 25.5 Å². The average Bonchev–Trinajstić information content (AvgIpc) is 2.45. The Bertz CT molecular complexity index is 316. The van der Waals surface area contributed by atoms with Crippen LogP contribution < -0.4 is 5.32 Å². The van der Waals surface area contributed by atoms with E-state index in [1.165, 1.54) is 11.3 Å². The van der Waals surface area contributed by atoms with E-state index in [1.54, 1.807) is 7.11 Å². The van der Waals surface area contributed by atoms with Crippen LogP contribution in [-0.4, -0.2) is 19.8 Å². The topological polar surface area (TPSA) is 21.3 Å². The summed E-state index contributed by atoms with van der Waals surface area (Å²) in [5.41, 5.74) is 1.05. The van der Waals surface area contributed by atoms with Crippen LogP contribution in [0.3, 0.4) is 0 Å². The predicted molar refractivity (Wildman–Crippen MR) is 67.2 cm³/mol. The van der Waals surface area contributed by atoms with Crippen molar-refractivity contribution in [1.82, 2.24) is 5.32 Å². The molecule has 0 saturated heterocycles. The lowest BCUT2D eigenvalue weighted by atomic mass is 10.1. The maximum Gasteiger partial charge on any atom is 0.0991 e. The van der Waals surface area contributed by atoms with Gasteiger partial charge < -0.3 is 10.1 Å². The molecule has 86 valence electrons. The molecule has 0 spiro atoms. The molecule has 0 aliphatic carbocycles. The van der Waals surface area contributed by atoms with Crippen molar-refractivity contribution in [1.29, 1.82) is 0 Å². The summed E-state index contributed by atoms with van der Waals surface area (Å²) in [7, 11) is 1.69. The van der Waals surface area contributed by atoms with Gasteiger partial charge in [0.15, 0.2) is 0 Å². The van der Waals surface area contributed by atoms with Gasteiger partial charge in [-0.15, -0.1) is 11.3 Å². The maximum atomic E-state index is 6.06. The Morgan fingerprint density at radius 3 is 2.60 bits per heavy atom. The van der Waals surface area contributed by atoms with Gasteiger partial charge in [0.2, 0.25) is 0 Å². The number of hydrogen-bond donors (Lipinski definition) is 1. The van der Waals surface area contributed by atoms with E-state index < -0.39 is 0 Å². The average molecular weight is 268 g/mol. The first-order chi connectivity index (χ1) is 7.04. The minimum absolute atomic E-state index is 0.186. The second-order valence-electron chi connectivity index (χ2n) is 3.52. The molecule has 1 aromatic heterocycles. The van der Waals surface area contributed by atoms with Crippen LogP contribution in [0.4, 0.5) is 0 Å². The molecule has 1 N–H and O–H groups in total. The summed E-state index contributed by atoms with van der Waals surface area (Å²) in [6, 6.07) is 2.39. The molecule has 0 aliphatic rings. The fourth-order valence-corrected chi connectivity index (χ4v) is 3.11. The minimum atomic E-state index is 0.186. The van der Waals surface area contributed by atoms with Crippen molar-refractivity contribution in [3.05, 3.63) is 20.3 Å². The smallest absolute Gasteiger partial charge is 0.0991 e. The normalized spacial score (nSPS) is 15.3. The molecule has 1 aromatic rings. The van der Waals surface area contributed by atoms with Crippen molar-refractivity contribution in [2.75, 3.05) is 13.7 Å². The highest BCUT2D eigenvalue weighted by molar-refractivity contribution is 7.20. The number of thiophene rings is 1. The third-order valence-electron chi connectivity index (χ3n) is 2.10. The van der Waals surface area contributed by atoms with Crippen LogP contribution >= 0.6 is 34.5 Å². The molecular weight excluding hydrogens is 253 g/mol. The minimum Gasteiger partial charge on any atom is -0.383 e. The van der Waals surface area contributed by atoms with Crippen LogP contribution in [0.5, 0.6) is 0 Å². The fraction of sp³-hybridized carbons (Fsp3) is 0.600. The quantitative estimate of drug-likeness (QED) is 0.878. The molecule has 2 nitrogen and oxygen atoms in total. The second-order valence-corrected chi connectivity index (χ2v) is 5.81. The van der Waals surface area contributed by atoms with Gasteiger partial charge >= 0.3 is 0 Å². The molecule has 0 radical (unpaired) electrons. The monoisotopic (exact) mass is 267 g/mol. The van der Waals surface area contributed by atoms with Crippen molar-refractivity contribution in [2.45, 2.75) is 25.9 Å². The van der Waals surface area contributed by atoms with Crippen LogP contribution in [-0.2, 0) is 4.74 Å². The predicted octanol–water partition coefficient (Wildman–Crippen LogP) is 3.74. The summed E-state index contributed by atoms with van der Waals surface area (Å²) in [4.78, 5) is 0. The molecule has 0 amide bonds. The van der Waals surface area contributed by atoms with Gasteiger partial charge in [-0.3, -0.25) is 0 Å². The Morgan fingerprint density at radius 1 is 1.47 bits per heavy atom. The van der Waals surface area contributed by atoms with Crippen LogP contribution in [0.25, 0.3) is 0 Å². The molecule has 1 rings (SSSR count). The van der Waals surface area contributed by atoms with Gasteiger partial charge in [0.1, 0.15) is 0 Å². The van der Waals surface area contributed by atoms with Crippen molar-refractivity contribution < 1.29 is 4.74 Å². The fourth-order valence-electron chi connectivity index (χ4n) is 1.46. The third-order valence-corrected chi connectivity index (χ3v) is 3.62. The lowest BCUT2D eigenvalue weighted by Gasteiger charge is -2.18. The summed E-state index contributed by atoms with van der Waals surface area (Å²) in [6.07, 6.45) is 0. The highest BCUT2D eigenvalue weighted by Gasteiger charge is 2.14. The van der Waals surface area contributed by atoms with Crippen molar-refractivity contribution in [3.8, 4) is 0 Å². The first-order valence-electron chi connectivity index (χ1n) is 4.74. The Labute approximate surface area is 105 Å². The zero-order valence-electron chi connectivity index (χ0n) is 9.01. The van der Waals surface area contributed by atoms with Crippen LogP contribution in [0.1, 0.15) is 25.5 Å². The van der Waals surface area contributed by atoms with Gasteiger partial charge in [0.25, 0.3) is 0 Å². The summed E-state index contributed by atoms with van der Waals surface area (Å²) in [5.74, 6) is 0. The van der Waals surface area contributed by atoms with Gasteiger partial charge in [-0.2, -0.15) is 0 Å². The second kappa shape index (κ2) is 6.06. The summed E-state index contributed by atoms with van der Waals surface area (Å²) < 4.78 is 6.54. The Balaban J connectivity index is 2.60. The molecule has 15 heavy (non-hydrogen) atoms. The molecule has 0 bridgehead atoms. The van der Waals surface area contributed by atoms with Crippen LogP contribution in [0.15, 0.2) is 6.07 Å². The first kappa shape index (κ1) is 13.3. The van der Waals surface area contributed by atoms with Crippen molar-refractivity contribution in [2.24, 2.45) is 0 Å². The Hall–Kier alpha value is 0.200.